The van der Waals surface area contributed by atoms with E-state index in [4.69, 9.17) is 5.73 Å². The standard InChI is InChI=1S/C10H21NO/c1-8(2,7-12)10(5-6-10)9(3,4)11/h12H,5-7,11H2,1-4H3. The van der Waals surface area contributed by atoms with Crippen LogP contribution in [-0.2, 0) is 0 Å². The van der Waals surface area contributed by atoms with Gasteiger partial charge in [-0.05, 0) is 37.5 Å². The fourth-order valence-electron chi connectivity index (χ4n) is 2.47. The normalized spacial score (nSPS) is 22.5. The molecule has 12 heavy (non-hydrogen) atoms. The minimum absolute atomic E-state index is 0.0365. The Morgan fingerprint density at radius 3 is 1.75 bits per heavy atom. The van der Waals surface area contributed by atoms with Gasteiger partial charge in [0.15, 0.2) is 0 Å². The first-order valence-corrected chi connectivity index (χ1v) is 4.67. The monoisotopic (exact) mass is 171 g/mol. The first kappa shape index (κ1) is 10.0. The van der Waals surface area contributed by atoms with Crippen molar-refractivity contribution in [1.29, 1.82) is 0 Å². The average Bonchev–Trinajstić information content (AvgIpc) is 2.63. The summed E-state index contributed by atoms with van der Waals surface area (Å²) in [4.78, 5) is 0. The van der Waals surface area contributed by atoms with Gasteiger partial charge in [0.2, 0.25) is 0 Å². The zero-order valence-corrected chi connectivity index (χ0v) is 8.65. The van der Waals surface area contributed by atoms with Gasteiger partial charge in [-0.2, -0.15) is 0 Å². The molecule has 1 aliphatic carbocycles. The molecule has 1 rings (SSSR count). The summed E-state index contributed by atoms with van der Waals surface area (Å²) in [6.07, 6.45) is 2.31. The molecule has 2 nitrogen and oxygen atoms in total. The maximum absolute atomic E-state index is 9.28. The van der Waals surface area contributed by atoms with Crippen molar-refractivity contribution in [1.82, 2.24) is 0 Å². The van der Waals surface area contributed by atoms with Crippen LogP contribution in [0.1, 0.15) is 40.5 Å². The van der Waals surface area contributed by atoms with E-state index in [0.29, 0.717) is 0 Å². The van der Waals surface area contributed by atoms with Gasteiger partial charge in [-0.1, -0.05) is 13.8 Å². The molecule has 0 saturated heterocycles. The van der Waals surface area contributed by atoms with Gasteiger partial charge in [-0.3, -0.25) is 0 Å². The molecule has 0 aliphatic heterocycles. The summed E-state index contributed by atoms with van der Waals surface area (Å²) >= 11 is 0. The molecule has 1 saturated carbocycles. The topological polar surface area (TPSA) is 46.2 Å². The molecule has 0 heterocycles. The van der Waals surface area contributed by atoms with Gasteiger partial charge in [0.05, 0.1) is 0 Å². The van der Waals surface area contributed by atoms with E-state index < -0.39 is 0 Å². The highest BCUT2D eigenvalue weighted by molar-refractivity contribution is 5.13. The van der Waals surface area contributed by atoms with Crippen molar-refractivity contribution < 1.29 is 5.11 Å². The number of hydrogen-bond acceptors (Lipinski definition) is 2. The van der Waals surface area contributed by atoms with Crippen molar-refractivity contribution >= 4 is 0 Å². The maximum Gasteiger partial charge on any atom is 0.0488 e. The molecule has 3 N–H and O–H groups in total. The first-order valence-electron chi connectivity index (χ1n) is 4.67. The largest absolute Gasteiger partial charge is 0.396 e. The minimum Gasteiger partial charge on any atom is -0.396 e. The molecule has 0 aromatic heterocycles. The second-order valence-electron chi connectivity index (χ2n) is 5.35. The van der Waals surface area contributed by atoms with Crippen molar-refractivity contribution in [3.05, 3.63) is 0 Å². The highest BCUT2D eigenvalue weighted by atomic mass is 16.3. The first-order chi connectivity index (χ1) is 5.27. The Hall–Kier alpha value is -0.0800. The lowest BCUT2D eigenvalue weighted by Crippen LogP contribution is -2.51. The predicted molar refractivity (Wildman–Crippen MR) is 50.8 cm³/mol. The van der Waals surface area contributed by atoms with Gasteiger partial charge < -0.3 is 10.8 Å². The van der Waals surface area contributed by atoms with Crippen LogP contribution in [0.3, 0.4) is 0 Å². The smallest absolute Gasteiger partial charge is 0.0488 e. The quantitative estimate of drug-likeness (QED) is 0.676. The molecule has 0 unspecified atom stereocenters. The Labute approximate surface area is 75.2 Å². The SMILES string of the molecule is CC(C)(N)C1(C(C)(C)CO)CC1. The third-order valence-electron chi connectivity index (χ3n) is 3.67. The summed E-state index contributed by atoms with van der Waals surface area (Å²) in [6, 6.07) is 0. The molecule has 0 aromatic carbocycles. The summed E-state index contributed by atoms with van der Waals surface area (Å²) in [5, 5.41) is 9.28. The molecule has 2 heteroatoms. The van der Waals surface area contributed by atoms with Crippen LogP contribution in [0, 0.1) is 10.8 Å². The van der Waals surface area contributed by atoms with Gasteiger partial charge in [0.1, 0.15) is 0 Å². The van der Waals surface area contributed by atoms with E-state index >= 15 is 0 Å². The third kappa shape index (κ3) is 1.17. The number of aliphatic hydroxyl groups is 1. The Morgan fingerprint density at radius 1 is 1.25 bits per heavy atom. The van der Waals surface area contributed by atoms with E-state index in [9.17, 15) is 5.11 Å². The van der Waals surface area contributed by atoms with Gasteiger partial charge >= 0.3 is 0 Å². The molecule has 1 aliphatic rings. The third-order valence-corrected chi connectivity index (χ3v) is 3.67. The van der Waals surface area contributed by atoms with E-state index in [1.807, 2.05) is 0 Å². The lowest BCUT2D eigenvalue weighted by molar-refractivity contribution is 0.0385. The van der Waals surface area contributed by atoms with Gasteiger partial charge in [0, 0.05) is 12.1 Å². The van der Waals surface area contributed by atoms with Gasteiger partial charge in [0.25, 0.3) is 0 Å². The van der Waals surface area contributed by atoms with Crippen LogP contribution >= 0.6 is 0 Å². The van der Waals surface area contributed by atoms with Gasteiger partial charge in [-0.25, -0.2) is 0 Å². The van der Waals surface area contributed by atoms with Crippen LogP contribution in [0.5, 0.6) is 0 Å². The van der Waals surface area contributed by atoms with Crippen molar-refractivity contribution in [2.75, 3.05) is 6.61 Å². The maximum atomic E-state index is 9.28. The zero-order chi connectivity index (χ0) is 9.62. The summed E-state index contributed by atoms with van der Waals surface area (Å²) in [7, 11) is 0. The predicted octanol–water partition coefficient (Wildman–Crippen LogP) is 1.52. The molecule has 72 valence electrons. The molecule has 0 bridgehead atoms. The van der Waals surface area contributed by atoms with Crippen molar-refractivity contribution in [3.63, 3.8) is 0 Å². The summed E-state index contributed by atoms with van der Waals surface area (Å²) in [5.74, 6) is 0. The van der Waals surface area contributed by atoms with E-state index in [1.54, 1.807) is 0 Å². The molecule has 1 fully saturated rings. The number of hydrogen-bond donors (Lipinski definition) is 2. The van der Waals surface area contributed by atoms with E-state index in [-0.39, 0.29) is 23.0 Å². The highest BCUT2D eigenvalue weighted by Crippen LogP contribution is 2.63. The number of rotatable bonds is 3. The summed E-state index contributed by atoms with van der Waals surface area (Å²) < 4.78 is 0. The van der Waals surface area contributed by atoms with Crippen LogP contribution in [0.4, 0.5) is 0 Å². The Balaban J connectivity index is 2.87. The molecule has 0 radical (unpaired) electrons. The van der Waals surface area contributed by atoms with Gasteiger partial charge in [-0.15, -0.1) is 0 Å². The molecule has 0 amide bonds. The van der Waals surface area contributed by atoms with Crippen molar-refractivity contribution in [3.8, 4) is 0 Å². The van der Waals surface area contributed by atoms with Crippen molar-refractivity contribution in [2.24, 2.45) is 16.6 Å². The number of aliphatic hydroxyl groups excluding tert-OH is 1. The molecule has 0 atom stereocenters. The van der Waals surface area contributed by atoms with Crippen LogP contribution in [0.2, 0.25) is 0 Å². The molecule has 0 spiro atoms. The van der Waals surface area contributed by atoms with E-state index in [0.717, 1.165) is 12.8 Å². The lowest BCUT2D eigenvalue weighted by atomic mass is 9.66. The van der Waals surface area contributed by atoms with Crippen LogP contribution in [0.15, 0.2) is 0 Å². The average molecular weight is 171 g/mol. The number of nitrogens with two attached hydrogens (primary N) is 1. The molecular weight excluding hydrogens is 150 g/mol. The highest BCUT2D eigenvalue weighted by Gasteiger charge is 2.60. The summed E-state index contributed by atoms with van der Waals surface area (Å²) in [6.45, 7) is 8.58. The fourth-order valence-corrected chi connectivity index (χ4v) is 2.47. The molecular formula is C10H21NO. The van der Waals surface area contributed by atoms with E-state index in [1.165, 1.54) is 0 Å². The Kier molecular flexibility index (Phi) is 2.05. The lowest BCUT2D eigenvalue weighted by Gasteiger charge is -2.42. The second-order valence-corrected chi connectivity index (χ2v) is 5.35. The van der Waals surface area contributed by atoms with Crippen molar-refractivity contribution in [2.45, 2.75) is 46.1 Å². The van der Waals surface area contributed by atoms with Crippen LogP contribution in [-0.4, -0.2) is 17.3 Å². The minimum atomic E-state index is -0.167. The van der Waals surface area contributed by atoms with Crippen LogP contribution < -0.4 is 5.73 Å². The fraction of sp³-hybridized carbons (Fsp3) is 1.00. The second kappa shape index (κ2) is 2.46. The summed E-state index contributed by atoms with van der Waals surface area (Å²) in [5.41, 5.74) is 6.08. The Bertz CT molecular complexity index is 175. The zero-order valence-electron chi connectivity index (χ0n) is 8.65. The van der Waals surface area contributed by atoms with Crippen LogP contribution in [0.25, 0.3) is 0 Å². The van der Waals surface area contributed by atoms with E-state index in [2.05, 4.69) is 27.7 Å². The Morgan fingerprint density at radius 2 is 1.67 bits per heavy atom. The molecule has 0 aromatic rings.